The van der Waals surface area contributed by atoms with Crippen LogP contribution in [-0.2, 0) is 14.3 Å². The van der Waals surface area contributed by atoms with Crippen LogP contribution in [0.2, 0.25) is 0 Å². The van der Waals surface area contributed by atoms with E-state index in [1.165, 1.54) is 24.3 Å². The van der Waals surface area contributed by atoms with Crippen LogP contribution in [0.15, 0.2) is 41.5 Å². The van der Waals surface area contributed by atoms with Crippen LogP contribution in [0, 0.1) is 11.3 Å². The second-order valence-corrected chi connectivity index (χ2v) is 5.48. The van der Waals surface area contributed by atoms with E-state index in [9.17, 15) is 14.7 Å². The van der Waals surface area contributed by atoms with Gasteiger partial charge < -0.3 is 9.84 Å². The molecule has 1 aromatic carbocycles. The van der Waals surface area contributed by atoms with E-state index in [2.05, 4.69) is 0 Å². The number of nitriles is 1. The Morgan fingerprint density at radius 2 is 1.91 bits per heavy atom. The highest BCUT2D eigenvalue weighted by atomic mass is 16.6. The van der Waals surface area contributed by atoms with Crippen molar-refractivity contribution < 1.29 is 19.4 Å². The highest BCUT2D eigenvalue weighted by Crippen LogP contribution is 2.32. The van der Waals surface area contributed by atoms with Gasteiger partial charge in [0.25, 0.3) is 0 Å². The molecule has 1 aliphatic rings. The number of hydrogen-bond acceptors (Lipinski definition) is 5. The largest absolute Gasteiger partial charge is 0.507 e. The molecule has 5 nitrogen and oxygen atoms in total. The van der Waals surface area contributed by atoms with Crippen LogP contribution in [0.4, 0.5) is 0 Å². The van der Waals surface area contributed by atoms with Gasteiger partial charge in [0, 0.05) is 11.6 Å². The van der Waals surface area contributed by atoms with Crippen molar-refractivity contribution in [3.63, 3.8) is 0 Å². The number of hydrogen-bond donors (Lipinski definition) is 1. The molecule has 0 bridgehead atoms. The van der Waals surface area contributed by atoms with Gasteiger partial charge in [-0.2, -0.15) is 5.26 Å². The molecule has 1 aromatic rings. The normalized spacial score (nSPS) is 17.2. The molecule has 0 fully saturated rings. The quantitative estimate of drug-likeness (QED) is 0.401. The number of benzene rings is 1. The van der Waals surface area contributed by atoms with Crippen LogP contribution in [0.3, 0.4) is 0 Å². The number of rotatable bonds is 3. The summed E-state index contributed by atoms with van der Waals surface area (Å²) < 4.78 is 5.13. The number of aliphatic hydroxyl groups is 1. The molecule has 0 aromatic heterocycles. The van der Waals surface area contributed by atoms with Gasteiger partial charge in [-0.05, 0) is 50.6 Å². The lowest BCUT2D eigenvalue weighted by molar-refractivity contribution is -0.145. The first-order valence-electron chi connectivity index (χ1n) is 6.66. The number of ketones is 1. The summed E-state index contributed by atoms with van der Waals surface area (Å²) in [6, 6.07) is 8.07. The summed E-state index contributed by atoms with van der Waals surface area (Å²) >= 11 is 0. The fourth-order valence-electron chi connectivity index (χ4n) is 2.09. The molecule has 112 valence electrons. The molecule has 0 saturated carbocycles. The van der Waals surface area contributed by atoms with Gasteiger partial charge in [0.2, 0.25) is 0 Å². The number of aliphatic hydroxyl groups excluding tert-OH is 1. The van der Waals surface area contributed by atoms with Crippen molar-refractivity contribution in [3.8, 4) is 6.07 Å². The molecule has 0 atom stereocenters. The molecule has 0 saturated heterocycles. The number of esters is 1. The van der Waals surface area contributed by atoms with E-state index >= 15 is 0 Å². The monoisotopic (exact) mass is 297 g/mol. The van der Waals surface area contributed by atoms with E-state index in [0.717, 1.165) is 6.08 Å². The van der Waals surface area contributed by atoms with Crippen LogP contribution in [-0.4, -0.2) is 22.5 Å². The van der Waals surface area contributed by atoms with Crippen LogP contribution >= 0.6 is 0 Å². The van der Waals surface area contributed by atoms with Gasteiger partial charge in [-0.15, -0.1) is 0 Å². The van der Waals surface area contributed by atoms with Crippen LogP contribution in [0.5, 0.6) is 0 Å². The Labute approximate surface area is 128 Å². The van der Waals surface area contributed by atoms with Crippen LogP contribution in [0.1, 0.15) is 31.9 Å². The Morgan fingerprint density at radius 1 is 1.32 bits per heavy atom. The zero-order valence-electron chi connectivity index (χ0n) is 12.5. The first-order valence-corrected chi connectivity index (χ1v) is 6.66. The summed E-state index contributed by atoms with van der Waals surface area (Å²) in [6.45, 7) is 5.06. The molecule has 1 aliphatic heterocycles. The third-order valence-corrected chi connectivity index (χ3v) is 3.65. The van der Waals surface area contributed by atoms with Gasteiger partial charge in [-0.25, -0.2) is 4.79 Å². The molecular formula is C17H15NO4. The number of nitrogens with zero attached hydrogens (tertiary/aromatic N) is 1. The molecule has 1 N–H and O–H groups in total. The summed E-state index contributed by atoms with van der Waals surface area (Å²) in [5, 5.41) is 18.7. The summed E-state index contributed by atoms with van der Waals surface area (Å²) in [5.41, 5.74) is 0.496. The molecular weight excluding hydrogens is 282 g/mol. The number of ether oxygens (including phenoxy) is 1. The third kappa shape index (κ3) is 2.77. The van der Waals surface area contributed by atoms with Crippen molar-refractivity contribution in [2.24, 2.45) is 0 Å². The topological polar surface area (TPSA) is 87.4 Å². The van der Waals surface area contributed by atoms with E-state index in [4.69, 9.17) is 10.00 Å². The third-order valence-electron chi connectivity index (χ3n) is 3.65. The Balaban J connectivity index is 2.32. The maximum Gasteiger partial charge on any atom is 0.343 e. The van der Waals surface area contributed by atoms with E-state index in [1.807, 2.05) is 6.07 Å². The highest BCUT2D eigenvalue weighted by molar-refractivity contribution is 6.24. The maximum atomic E-state index is 12.2. The van der Waals surface area contributed by atoms with Gasteiger partial charge >= 0.3 is 5.97 Å². The number of allylic oxidation sites excluding steroid dienone is 1. The molecule has 1 heterocycles. The zero-order valence-corrected chi connectivity index (χ0v) is 12.5. The van der Waals surface area contributed by atoms with Gasteiger partial charge in [0.05, 0.1) is 11.6 Å². The van der Waals surface area contributed by atoms with Crippen molar-refractivity contribution in [1.29, 1.82) is 5.26 Å². The van der Waals surface area contributed by atoms with E-state index in [-0.39, 0.29) is 11.3 Å². The van der Waals surface area contributed by atoms with Crippen molar-refractivity contribution in [3.05, 3.63) is 52.6 Å². The van der Waals surface area contributed by atoms with Crippen molar-refractivity contribution >= 4 is 17.5 Å². The minimum atomic E-state index is -0.819. The molecule has 2 rings (SSSR count). The van der Waals surface area contributed by atoms with Crippen LogP contribution < -0.4 is 0 Å². The van der Waals surface area contributed by atoms with E-state index in [1.54, 1.807) is 20.8 Å². The molecule has 0 radical (unpaired) electrons. The smallest absolute Gasteiger partial charge is 0.343 e. The van der Waals surface area contributed by atoms with Gasteiger partial charge in [0.15, 0.2) is 5.78 Å². The molecule has 0 aliphatic carbocycles. The Morgan fingerprint density at radius 3 is 2.36 bits per heavy atom. The van der Waals surface area contributed by atoms with Crippen molar-refractivity contribution in [1.82, 2.24) is 0 Å². The number of carbonyl (C=O) groups excluding carboxylic acids is 2. The lowest BCUT2D eigenvalue weighted by Gasteiger charge is -2.17. The lowest BCUT2D eigenvalue weighted by atomic mass is 9.95. The second-order valence-electron chi connectivity index (χ2n) is 5.48. The average Bonchev–Trinajstić information content (AvgIpc) is 2.67. The molecule has 5 heteroatoms. The fraction of sp³-hybridized carbons (Fsp3) is 0.235. The van der Waals surface area contributed by atoms with Gasteiger partial charge in [-0.3, -0.25) is 4.79 Å². The first-order chi connectivity index (χ1) is 10.3. The Bertz CT molecular complexity index is 746. The summed E-state index contributed by atoms with van der Waals surface area (Å²) in [7, 11) is 0. The number of carbonyl (C=O) groups is 2. The Hall–Kier alpha value is -2.87. The van der Waals surface area contributed by atoms with E-state index in [0.29, 0.717) is 16.7 Å². The maximum absolute atomic E-state index is 12.2. The summed E-state index contributed by atoms with van der Waals surface area (Å²) in [4.78, 5) is 24.0. The fourth-order valence-corrected chi connectivity index (χ4v) is 2.09. The average molecular weight is 297 g/mol. The summed E-state index contributed by atoms with van der Waals surface area (Å²) in [6.07, 6.45) is 0.989. The minimum absolute atomic E-state index is 0.0507. The van der Waals surface area contributed by atoms with Gasteiger partial charge in [-0.1, -0.05) is 0 Å². The Kier molecular flexibility index (Phi) is 3.87. The SMILES string of the molecule is CC1=C(C(=O)/C=C(\O)c2ccc(C#N)cc2)C(=O)OC1(C)C. The minimum Gasteiger partial charge on any atom is -0.507 e. The van der Waals surface area contributed by atoms with Crippen molar-refractivity contribution in [2.75, 3.05) is 0 Å². The molecule has 0 amide bonds. The predicted molar refractivity (Wildman–Crippen MR) is 79.6 cm³/mol. The molecule has 0 unspecified atom stereocenters. The van der Waals surface area contributed by atoms with Crippen LogP contribution in [0.25, 0.3) is 5.76 Å². The molecule has 0 spiro atoms. The number of cyclic esters (lactones) is 1. The first kappa shape index (κ1) is 15.5. The summed E-state index contributed by atoms with van der Waals surface area (Å²) in [5.74, 6) is -1.56. The van der Waals surface area contributed by atoms with Crippen molar-refractivity contribution in [2.45, 2.75) is 26.4 Å². The molecule has 22 heavy (non-hydrogen) atoms. The second kappa shape index (κ2) is 5.49. The predicted octanol–water partition coefficient (Wildman–Crippen LogP) is 2.68. The lowest BCUT2D eigenvalue weighted by Crippen LogP contribution is -2.21. The zero-order chi connectivity index (χ0) is 16.5. The van der Waals surface area contributed by atoms with E-state index < -0.39 is 17.4 Å². The highest BCUT2D eigenvalue weighted by Gasteiger charge is 2.40. The van der Waals surface area contributed by atoms with Gasteiger partial charge in [0.1, 0.15) is 16.9 Å². The standard InChI is InChI=1S/C17H15NO4/c1-10-15(16(21)22-17(10,2)3)14(20)8-13(19)12-6-4-11(9-18)5-7-12/h4-8,19H,1-3H3/b13-8-.